The summed E-state index contributed by atoms with van der Waals surface area (Å²) < 4.78 is 22.8. The minimum Gasteiger partial charge on any atom is -0.459 e. The Morgan fingerprint density at radius 2 is 1.12 bits per heavy atom. The van der Waals surface area contributed by atoms with Crippen LogP contribution in [0.5, 0.6) is 0 Å². The van der Waals surface area contributed by atoms with E-state index in [-0.39, 0.29) is 19.8 Å². The predicted octanol–water partition coefficient (Wildman–Crippen LogP) is 3.91. The van der Waals surface area contributed by atoms with E-state index in [1.807, 2.05) is 91.0 Å². The van der Waals surface area contributed by atoms with Crippen molar-refractivity contribution in [2.45, 2.75) is 38.1 Å². The van der Waals surface area contributed by atoms with Crippen LogP contribution in [-0.2, 0) is 43.6 Å². The third kappa shape index (κ3) is 8.79. The van der Waals surface area contributed by atoms with E-state index in [1.165, 1.54) is 0 Å². The smallest absolute Gasteiger partial charge is 0.293 e. The van der Waals surface area contributed by atoms with Crippen LogP contribution in [0.25, 0.3) is 0 Å². The maximum atomic E-state index is 11.2. The molecule has 0 saturated heterocycles. The van der Waals surface area contributed by atoms with Crippen molar-refractivity contribution in [3.63, 3.8) is 0 Å². The minimum absolute atomic E-state index is 0.0166. The Hall–Kier alpha value is -3.03. The van der Waals surface area contributed by atoms with E-state index in [0.717, 1.165) is 16.7 Å². The fourth-order valence-corrected chi connectivity index (χ4v) is 3.34. The maximum absolute atomic E-state index is 11.2. The number of carbonyl (C=O) groups excluding carboxylic acids is 1. The lowest BCUT2D eigenvalue weighted by atomic mass is 10.1. The van der Waals surface area contributed by atoms with Crippen LogP contribution in [0, 0.1) is 0 Å². The van der Waals surface area contributed by atoms with E-state index in [1.54, 1.807) is 0 Å². The first-order chi connectivity index (χ1) is 16.3. The molecule has 33 heavy (non-hydrogen) atoms. The molecule has 0 aromatic heterocycles. The van der Waals surface area contributed by atoms with Crippen molar-refractivity contribution >= 4 is 6.47 Å². The van der Waals surface area contributed by atoms with Gasteiger partial charge in [0, 0.05) is 0 Å². The van der Waals surface area contributed by atoms with Gasteiger partial charge >= 0.3 is 0 Å². The van der Waals surface area contributed by atoms with Gasteiger partial charge in [0.25, 0.3) is 6.47 Å². The highest BCUT2D eigenvalue weighted by Gasteiger charge is 2.31. The van der Waals surface area contributed by atoms with Gasteiger partial charge in [0.1, 0.15) is 12.2 Å². The third-order valence-corrected chi connectivity index (χ3v) is 5.06. The summed E-state index contributed by atoms with van der Waals surface area (Å²) >= 11 is 0. The second kappa shape index (κ2) is 14.2. The zero-order chi connectivity index (χ0) is 23.1. The second-order valence-electron chi connectivity index (χ2n) is 7.60. The standard InChI is InChI=1S/C27H30O6/c28-21-33-27(25(29)19-30-16-22-10-4-1-5-11-22)26(32-18-24-14-8-3-9-15-24)20-31-17-23-12-6-2-7-13-23/h1-15,21,25-27,29H,16-20H2/t25-,26-,27-/m1/s1. The fourth-order valence-electron chi connectivity index (χ4n) is 3.34. The molecule has 1 N–H and O–H groups in total. The Morgan fingerprint density at radius 1 is 0.667 bits per heavy atom. The maximum Gasteiger partial charge on any atom is 0.293 e. The number of rotatable bonds is 15. The van der Waals surface area contributed by atoms with Gasteiger partial charge in [-0.3, -0.25) is 4.79 Å². The predicted molar refractivity (Wildman–Crippen MR) is 124 cm³/mol. The number of aliphatic hydroxyl groups excluding tert-OH is 1. The molecule has 0 radical (unpaired) electrons. The number of hydrogen-bond acceptors (Lipinski definition) is 6. The zero-order valence-electron chi connectivity index (χ0n) is 18.5. The van der Waals surface area contributed by atoms with Crippen LogP contribution in [0.3, 0.4) is 0 Å². The van der Waals surface area contributed by atoms with Gasteiger partial charge in [-0.1, -0.05) is 91.0 Å². The summed E-state index contributed by atoms with van der Waals surface area (Å²) in [6, 6.07) is 29.0. The van der Waals surface area contributed by atoms with Crippen molar-refractivity contribution < 1.29 is 28.8 Å². The summed E-state index contributed by atoms with van der Waals surface area (Å²) in [5.41, 5.74) is 2.96. The lowest BCUT2D eigenvalue weighted by Gasteiger charge is -2.29. The summed E-state index contributed by atoms with van der Waals surface area (Å²) in [6.45, 7) is 1.44. The first-order valence-electron chi connectivity index (χ1n) is 10.9. The molecule has 174 valence electrons. The summed E-state index contributed by atoms with van der Waals surface area (Å²) in [5, 5.41) is 10.8. The monoisotopic (exact) mass is 450 g/mol. The second-order valence-corrected chi connectivity index (χ2v) is 7.60. The highest BCUT2D eigenvalue weighted by atomic mass is 16.6. The SMILES string of the molecule is O=CO[C@H]([C@H](O)COCc1ccccc1)[C@@H](COCc1ccccc1)OCc1ccccc1. The van der Waals surface area contributed by atoms with Crippen molar-refractivity contribution in [1.29, 1.82) is 0 Å². The van der Waals surface area contributed by atoms with Gasteiger partial charge in [-0.15, -0.1) is 0 Å². The molecule has 3 rings (SSSR count). The molecule has 0 heterocycles. The molecule has 6 heteroatoms. The first-order valence-corrected chi connectivity index (χ1v) is 10.9. The molecule has 3 atom stereocenters. The van der Waals surface area contributed by atoms with Crippen LogP contribution in [0.1, 0.15) is 16.7 Å². The highest BCUT2D eigenvalue weighted by Crippen LogP contribution is 2.15. The van der Waals surface area contributed by atoms with Gasteiger partial charge in [0.15, 0.2) is 6.10 Å². The van der Waals surface area contributed by atoms with Crippen molar-refractivity contribution in [3.8, 4) is 0 Å². The van der Waals surface area contributed by atoms with Crippen molar-refractivity contribution in [2.24, 2.45) is 0 Å². The van der Waals surface area contributed by atoms with Crippen LogP contribution < -0.4 is 0 Å². The Kier molecular flexibility index (Phi) is 10.6. The summed E-state index contributed by atoms with van der Waals surface area (Å²) in [4.78, 5) is 11.2. The normalized spacial score (nSPS) is 13.7. The fraction of sp³-hybridized carbons (Fsp3) is 0.296. The third-order valence-electron chi connectivity index (χ3n) is 5.06. The molecule has 0 spiro atoms. The highest BCUT2D eigenvalue weighted by molar-refractivity contribution is 5.37. The van der Waals surface area contributed by atoms with Crippen molar-refractivity contribution in [1.82, 2.24) is 0 Å². The van der Waals surface area contributed by atoms with Crippen LogP contribution >= 0.6 is 0 Å². The molecule has 0 fully saturated rings. The average molecular weight is 451 g/mol. The van der Waals surface area contributed by atoms with Gasteiger partial charge in [-0.25, -0.2) is 0 Å². The van der Waals surface area contributed by atoms with Gasteiger partial charge in [0.05, 0.1) is 33.0 Å². The number of carbonyl (C=O) groups is 1. The quantitative estimate of drug-likeness (QED) is 0.354. The molecular weight excluding hydrogens is 420 g/mol. The van der Waals surface area contributed by atoms with Crippen LogP contribution in [0.4, 0.5) is 0 Å². The van der Waals surface area contributed by atoms with Crippen LogP contribution in [-0.4, -0.2) is 43.1 Å². The Balaban J connectivity index is 1.61. The lowest BCUT2D eigenvalue weighted by molar-refractivity contribution is -0.169. The molecule has 3 aromatic carbocycles. The molecule has 0 unspecified atom stereocenters. The number of aliphatic hydroxyl groups is 1. The van der Waals surface area contributed by atoms with E-state index < -0.39 is 18.3 Å². The summed E-state index contributed by atoms with van der Waals surface area (Å²) in [7, 11) is 0. The number of hydrogen-bond donors (Lipinski definition) is 1. The topological polar surface area (TPSA) is 74.2 Å². The molecule has 0 saturated carbocycles. The van der Waals surface area contributed by atoms with E-state index in [0.29, 0.717) is 19.7 Å². The zero-order valence-corrected chi connectivity index (χ0v) is 18.5. The largest absolute Gasteiger partial charge is 0.459 e. The van der Waals surface area contributed by atoms with Gasteiger partial charge in [-0.05, 0) is 16.7 Å². The average Bonchev–Trinajstić information content (AvgIpc) is 2.87. The molecular formula is C27H30O6. The van der Waals surface area contributed by atoms with Gasteiger partial charge < -0.3 is 24.1 Å². The molecule has 0 amide bonds. The Labute approximate surface area is 194 Å². The summed E-state index contributed by atoms with van der Waals surface area (Å²) in [6.07, 6.45) is -2.72. The van der Waals surface area contributed by atoms with Crippen LogP contribution in [0.15, 0.2) is 91.0 Å². The molecule has 0 aliphatic carbocycles. The van der Waals surface area contributed by atoms with Gasteiger partial charge in [-0.2, -0.15) is 0 Å². The number of ether oxygens (including phenoxy) is 4. The van der Waals surface area contributed by atoms with Crippen molar-refractivity contribution in [3.05, 3.63) is 108 Å². The van der Waals surface area contributed by atoms with E-state index in [2.05, 4.69) is 0 Å². The summed E-state index contributed by atoms with van der Waals surface area (Å²) in [5.74, 6) is 0. The Morgan fingerprint density at radius 3 is 1.61 bits per heavy atom. The van der Waals surface area contributed by atoms with Gasteiger partial charge in [0.2, 0.25) is 0 Å². The van der Waals surface area contributed by atoms with Crippen molar-refractivity contribution in [2.75, 3.05) is 13.2 Å². The van der Waals surface area contributed by atoms with E-state index in [4.69, 9.17) is 18.9 Å². The van der Waals surface area contributed by atoms with E-state index >= 15 is 0 Å². The molecule has 3 aromatic rings. The first kappa shape index (κ1) is 24.6. The van der Waals surface area contributed by atoms with E-state index in [9.17, 15) is 9.90 Å². The Bertz CT molecular complexity index is 904. The molecule has 0 aliphatic rings. The molecule has 0 aliphatic heterocycles. The molecule has 6 nitrogen and oxygen atoms in total. The number of benzene rings is 3. The molecule has 0 bridgehead atoms. The van der Waals surface area contributed by atoms with Crippen LogP contribution in [0.2, 0.25) is 0 Å². The lowest BCUT2D eigenvalue weighted by Crippen LogP contribution is -2.45. The minimum atomic E-state index is -1.08.